The van der Waals surface area contributed by atoms with Crippen LogP contribution >= 0.6 is 0 Å². The van der Waals surface area contributed by atoms with Crippen molar-refractivity contribution in [1.29, 1.82) is 0 Å². The van der Waals surface area contributed by atoms with Crippen LogP contribution < -0.4 is 0 Å². The van der Waals surface area contributed by atoms with Gasteiger partial charge < -0.3 is 5.11 Å². The molecule has 0 saturated carbocycles. The largest absolute Gasteiger partial charge is 0.475 e. The molecule has 1 aromatic rings. The Bertz CT molecular complexity index is 422. The highest BCUT2D eigenvalue weighted by Gasteiger charge is 2.10. The predicted octanol–water partition coefficient (Wildman–Crippen LogP) is -0.422. The van der Waals surface area contributed by atoms with Gasteiger partial charge in [-0.1, -0.05) is 0 Å². The summed E-state index contributed by atoms with van der Waals surface area (Å²) in [5.41, 5.74) is 0. The smallest absolute Gasteiger partial charge is 0.373 e. The lowest BCUT2D eigenvalue weighted by Gasteiger charge is -1.96. The van der Waals surface area contributed by atoms with E-state index in [1.54, 1.807) is 0 Å². The number of carboxylic acids is 1. The molecule has 1 N–H and O–H groups in total. The van der Waals surface area contributed by atoms with Crippen molar-refractivity contribution in [2.24, 2.45) is 0 Å². The summed E-state index contributed by atoms with van der Waals surface area (Å²) in [5, 5.41) is 8.40. The van der Waals surface area contributed by atoms with Crippen LogP contribution in [0.1, 0.15) is 10.6 Å². The van der Waals surface area contributed by atoms with E-state index in [1.807, 2.05) is 0 Å². The third-order valence-corrected chi connectivity index (χ3v) is 2.31. The maximum atomic E-state index is 10.9. The summed E-state index contributed by atoms with van der Waals surface area (Å²) in [6, 6.07) is 0. The molecule has 0 bridgehead atoms. The molecule has 0 amide bonds. The van der Waals surface area contributed by atoms with Gasteiger partial charge in [0.25, 0.3) is 0 Å². The summed E-state index contributed by atoms with van der Waals surface area (Å²) in [5.74, 6) is -1.72. The van der Waals surface area contributed by atoms with Crippen molar-refractivity contribution in [2.75, 3.05) is 6.26 Å². The second-order valence-electron chi connectivity index (χ2n) is 2.32. The van der Waals surface area contributed by atoms with Gasteiger partial charge in [-0.25, -0.2) is 23.2 Å². The van der Waals surface area contributed by atoms with Crippen molar-refractivity contribution in [1.82, 2.24) is 9.97 Å². The maximum absolute atomic E-state index is 10.9. The van der Waals surface area contributed by atoms with Crippen molar-refractivity contribution in [3.05, 3.63) is 18.2 Å². The normalized spacial score (nSPS) is 11.2. The molecule has 0 saturated heterocycles. The highest BCUT2D eigenvalue weighted by atomic mass is 32.2. The summed E-state index contributed by atoms with van der Waals surface area (Å²) in [6.07, 6.45) is 2.92. The first-order chi connectivity index (χ1) is 5.91. The molecule has 0 aromatic carbocycles. The van der Waals surface area contributed by atoms with E-state index in [-0.39, 0.29) is 4.90 Å². The Labute approximate surface area is 74.2 Å². The Morgan fingerprint density at radius 2 is 1.85 bits per heavy atom. The van der Waals surface area contributed by atoms with E-state index < -0.39 is 21.6 Å². The van der Waals surface area contributed by atoms with Gasteiger partial charge >= 0.3 is 5.97 Å². The fourth-order valence-electron chi connectivity index (χ4n) is 0.618. The predicted molar refractivity (Wildman–Crippen MR) is 42.1 cm³/mol. The fraction of sp³-hybridized carbons (Fsp3) is 0.167. The van der Waals surface area contributed by atoms with Gasteiger partial charge in [0.05, 0.1) is 0 Å². The number of hydrogen-bond acceptors (Lipinski definition) is 5. The Morgan fingerprint density at radius 1 is 1.38 bits per heavy atom. The van der Waals surface area contributed by atoms with Crippen molar-refractivity contribution >= 4 is 15.8 Å². The van der Waals surface area contributed by atoms with Gasteiger partial charge in [0.2, 0.25) is 5.82 Å². The number of rotatable bonds is 2. The molecule has 0 unspecified atom stereocenters. The lowest BCUT2D eigenvalue weighted by Crippen LogP contribution is -2.06. The van der Waals surface area contributed by atoms with E-state index in [2.05, 4.69) is 9.97 Å². The van der Waals surface area contributed by atoms with Crippen LogP contribution in [0.15, 0.2) is 17.3 Å². The molecule has 0 atom stereocenters. The lowest BCUT2D eigenvalue weighted by atomic mass is 10.6. The minimum atomic E-state index is -3.36. The Kier molecular flexibility index (Phi) is 2.28. The standard InChI is InChI=1S/C6H6N2O4S/c1-13(11,12)4-2-7-5(6(9)10)8-3-4/h2-3H,1H3,(H,9,10). The van der Waals surface area contributed by atoms with Gasteiger partial charge in [-0.05, 0) is 0 Å². The Morgan fingerprint density at radius 3 is 2.15 bits per heavy atom. The van der Waals surface area contributed by atoms with E-state index in [4.69, 9.17) is 5.11 Å². The molecule has 0 aliphatic rings. The molecular formula is C6H6N2O4S. The van der Waals surface area contributed by atoms with Crippen molar-refractivity contribution in [3.8, 4) is 0 Å². The average Bonchev–Trinajstić information content (AvgIpc) is 2.03. The summed E-state index contributed by atoms with van der Waals surface area (Å²) >= 11 is 0. The zero-order chi connectivity index (χ0) is 10.1. The van der Waals surface area contributed by atoms with Crippen LogP contribution in [0.3, 0.4) is 0 Å². The summed E-state index contributed by atoms with van der Waals surface area (Å²) in [6.45, 7) is 0. The van der Waals surface area contributed by atoms with Gasteiger partial charge in [-0.15, -0.1) is 0 Å². The highest BCUT2D eigenvalue weighted by molar-refractivity contribution is 7.90. The second kappa shape index (κ2) is 3.09. The average molecular weight is 202 g/mol. The van der Waals surface area contributed by atoms with E-state index >= 15 is 0 Å². The Balaban J connectivity index is 3.16. The van der Waals surface area contributed by atoms with Crippen LogP contribution in [0.5, 0.6) is 0 Å². The summed E-state index contributed by atoms with van der Waals surface area (Å²) < 4.78 is 21.8. The third kappa shape index (κ3) is 2.22. The van der Waals surface area contributed by atoms with E-state index in [9.17, 15) is 13.2 Å². The third-order valence-electron chi connectivity index (χ3n) is 1.25. The quantitative estimate of drug-likeness (QED) is 0.699. The van der Waals surface area contributed by atoms with Crippen LogP contribution in [-0.2, 0) is 9.84 Å². The fourth-order valence-corrected chi connectivity index (χ4v) is 1.11. The second-order valence-corrected chi connectivity index (χ2v) is 4.34. The molecule has 70 valence electrons. The molecule has 0 spiro atoms. The van der Waals surface area contributed by atoms with Crippen molar-refractivity contribution in [2.45, 2.75) is 4.90 Å². The van der Waals surface area contributed by atoms with Crippen molar-refractivity contribution in [3.63, 3.8) is 0 Å². The van der Waals surface area contributed by atoms with Crippen LogP contribution in [0.2, 0.25) is 0 Å². The lowest BCUT2D eigenvalue weighted by molar-refractivity contribution is 0.0683. The van der Waals surface area contributed by atoms with Crippen LogP contribution in [0, 0.1) is 0 Å². The number of nitrogens with zero attached hydrogens (tertiary/aromatic N) is 2. The first-order valence-corrected chi connectivity index (χ1v) is 5.06. The molecule has 0 aliphatic carbocycles. The van der Waals surface area contributed by atoms with Crippen LogP contribution in [0.25, 0.3) is 0 Å². The molecule has 0 fully saturated rings. The molecule has 0 radical (unpaired) electrons. The molecule has 13 heavy (non-hydrogen) atoms. The molecule has 6 nitrogen and oxygen atoms in total. The molecule has 1 rings (SSSR count). The molecule has 7 heteroatoms. The number of aromatic nitrogens is 2. The number of hydrogen-bond donors (Lipinski definition) is 1. The Hall–Kier alpha value is -1.50. The highest BCUT2D eigenvalue weighted by Crippen LogP contribution is 2.04. The van der Waals surface area contributed by atoms with Gasteiger partial charge in [0.1, 0.15) is 4.90 Å². The molecule has 1 aromatic heterocycles. The van der Waals surface area contributed by atoms with Gasteiger partial charge in [-0.2, -0.15) is 0 Å². The first-order valence-electron chi connectivity index (χ1n) is 3.16. The first kappa shape index (κ1) is 9.59. The summed E-state index contributed by atoms with van der Waals surface area (Å²) in [7, 11) is -3.36. The number of aromatic carboxylic acids is 1. The maximum Gasteiger partial charge on any atom is 0.373 e. The van der Waals surface area contributed by atoms with Crippen molar-refractivity contribution < 1.29 is 18.3 Å². The SMILES string of the molecule is CS(=O)(=O)c1cnc(C(=O)O)nc1. The van der Waals surface area contributed by atoms with Gasteiger partial charge in [0, 0.05) is 18.6 Å². The van der Waals surface area contributed by atoms with Crippen LogP contribution in [-0.4, -0.2) is 35.7 Å². The molecular weight excluding hydrogens is 196 g/mol. The zero-order valence-electron chi connectivity index (χ0n) is 6.63. The van der Waals surface area contributed by atoms with E-state index in [1.165, 1.54) is 0 Å². The van der Waals surface area contributed by atoms with E-state index in [0.29, 0.717) is 0 Å². The number of sulfone groups is 1. The monoisotopic (exact) mass is 202 g/mol. The minimum Gasteiger partial charge on any atom is -0.475 e. The minimum absolute atomic E-state index is 0.0995. The van der Waals surface area contributed by atoms with E-state index in [0.717, 1.165) is 18.6 Å². The van der Waals surface area contributed by atoms with Crippen LogP contribution in [0.4, 0.5) is 0 Å². The topological polar surface area (TPSA) is 97.2 Å². The molecule has 0 aliphatic heterocycles. The molecule has 1 heterocycles. The number of carboxylic acid groups (broad SMARTS) is 1. The summed E-state index contributed by atoms with van der Waals surface area (Å²) in [4.78, 5) is 16.9. The zero-order valence-corrected chi connectivity index (χ0v) is 7.45. The number of carbonyl (C=O) groups is 1. The van der Waals surface area contributed by atoms with Gasteiger partial charge in [-0.3, -0.25) is 0 Å². The van der Waals surface area contributed by atoms with Gasteiger partial charge in [0.15, 0.2) is 9.84 Å².